The largest absolute Gasteiger partial charge is 0.574 e. The maximum absolute atomic E-state index is 11.4. The molecule has 1 aromatic heterocycles. The minimum atomic E-state index is -4.80. The molecule has 1 heterocycles. The van der Waals surface area contributed by atoms with Gasteiger partial charge in [-0.05, 0) is 0 Å². The van der Waals surface area contributed by atoms with Crippen molar-refractivity contribution in [2.24, 2.45) is 0 Å². The molecule has 0 aliphatic carbocycles. The third-order valence-corrected chi connectivity index (χ3v) is 0.734. The van der Waals surface area contributed by atoms with Gasteiger partial charge in [-0.25, -0.2) is 4.79 Å². The molecule has 0 unspecified atom stereocenters. The van der Waals surface area contributed by atoms with Gasteiger partial charge in [0.05, 0.1) is 0 Å². The van der Waals surface area contributed by atoms with Crippen LogP contribution in [-0.2, 0) is 0 Å². The van der Waals surface area contributed by atoms with Crippen molar-refractivity contribution < 1.29 is 17.9 Å². The molecule has 1 radical (unpaired) electrons. The standard InChI is InChI=1S/C4H2F3N2O2/c5-4(6,7)11-2-1-8-3(10)9-2/h(H2,8,9,10). The zero-order valence-electron chi connectivity index (χ0n) is 4.95. The summed E-state index contributed by atoms with van der Waals surface area (Å²) >= 11 is 0. The lowest BCUT2D eigenvalue weighted by Crippen LogP contribution is -2.17. The van der Waals surface area contributed by atoms with E-state index < -0.39 is 17.9 Å². The molecule has 0 aliphatic heterocycles. The van der Waals surface area contributed by atoms with Crippen LogP contribution in [0.5, 0.6) is 5.88 Å². The van der Waals surface area contributed by atoms with Gasteiger partial charge in [0, 0.05) is 0 Å². The minimum absolute atomic E-state index is 0.775. The Kier molecular flexibility index (Phi) is 1.63. The lowest BCUT2D eigenvalue weighted by Gasteiger charge is -2.03. The van der Waals surface area contributed by atoms with Crippen molar-refractivity contribution in [2.75, 3.05) is 0 Å². The molecule has 0 spiro atoms. The lowest BCUT2D eigenvalue weighted by atomic mass is 10.8. The second-order valence-electron chi connectivity index (χ2n) is 1.58. The molecular weight excluding hydrogens is 165 g/mol. The monoisotopic (exact) mass is 167 g/mol. The Labute approximate surface area is 58.0 Å². The molecule has 11 heavy (non-hydrogen) atoms. The lowest BCUT2D eigenvalue weighted by molar-refractivity contribution is -0.276. The number of H-pyrrole nitrogens is 2. The van der Waals surface area contributed by atoms with Crippen LogP contribution in [0.15, 0.2) is 4.79 Å². The quantitative estimate of drug-likeness (QED) is 0.636. The summed E-state index contributed by atoms with van der Waals surface area (Å²) in [6.07, 6.45) is -2.98. The molecule has 4 nitrogen and oxygen atoms in total. The average molecular weight is 167 g/mol. The Morgan fingerprint density at radius 2 is 2.09 bits per heavy atom. The van der Waals surface area contributed by atoms with Crippen LogP contribution in [-0.4, -0.2) is 16.3 Å². The van der Waals surface area contributed by atoms with Crippen LogP contribution in [0.2, 0.25) is 0 Å². The summed E-state index contributed by atoms with van der Waals surface area (Å²) in [5, 5.41) is 0. The van der Waals surface area contributed by atoms with Crippen molar-refractivity contribution in [3.05, 3.63) is 16.7 Å². The molecule has 2 N–H and O–H groups in total. The molecule has 0 aliphatic rings. The fraction of sp³-hybridized carbons (Fsp3) is 0.250. The number of hydrogen-bond donors (Lipinski definition) is 2. The molecular formula is C4H2F3N2O2. The normalized spacial score (nSPS) is 11.5. The number of alkyl halides is 3. The van der Waals surface area contributed by atoms with E-state index in [1.807, 2.05) is 11.2 Å². The van der Waals surface area contributed by atoms with E-state index in [0.717, 1.165) is 0 Å². The van der Waals surface area contributed by atoms with Crippen LogP contribution < -0.4 is 10.4 Å². The molecule has 1 aromatic rings. The maximum Gasteiger partial charge on any atom is 0.574 e. The van der Waals surface area contributed by atoms with Crippen LogP contribution in [0.1, 0.15) is 0 Å². The van der Waals surface area contributed by atoms with Gasteiger partial charge in [-0.1, -0.05) is 0 Å². The predicted molar refractivity (Wildman–Crippen MR) is 26.9 cm³/mol. The first kappa shape index (κ1) is 7.70. The fourth-order valence-corrected chi connectivity index (χ4v) is 0.446. The van der Waals surface area contributed by atoms with Crippen molar-refractivity contribution in [2.45, 2.75) is 6.36 Å². The summed E-state index contributed by atoms with van der Waals surface area (Å²) in [7, 11) is 0. The number of nitrogens with one attached hydrogen (secondary N) is 2. The smallest absolute Gasteiger partial charge is 0.387 e. The highest BCUT2D eigenvalue weighted by molar-refractivity contribution is 4.99. The van der Waals surface area contributed by atoms with Crippen molar-refractivity contribution in [1.29, 1.82) is 0 Å². The molecule has 0 aromatic carbocycles. The van der Waals surface area contributed by atoms with Gasteiger partial charge in [-0.15, -0.1) is 13.2 Å². The average Bonchev–Trinajstić information content (AvgIpc) is 2.10. The molecule has 61 valence electrons. The van der Waals surface area contributed by atoms with Crippen molar-refractivity contribution >= 4 is 0 Å². The molecule has 0 saturated carbocycles. The molecule has 0 bridgehead atoms. The molecule has 0 amide bonds. The number of halogens is 3. The summed E-state index contributed by atoms with van der Waals surface area (Å²) < 4.78 is 37.4. The first-order chi connectivity index (χ1) is 4.97. The SMILES string of the molecule is O=c1[nH][c]c(OC(F)(F)F)[nH]1. The van der Waals surface area contributed by atoms with Gasteiger partial charge in [0.1, 0.15) is 6.20 Å². The minimum Gasteiger partial charge on any atom is -0.387 e. The van der Waals surface area contributed by atoms with Crippen molar-refractivity contribution in [3.63, 3.8) is 0 Å². The molecule has 7 heteroatoms. The Morgan fingerprint density at radius 3 is 2.45 bits per heavy atom. The van der Waals surface area contributed by atoms with Gasteiger partial charge in [0.25, 0.3) is 0 Å². The zero-order chi connectivity index (χ0) is 8.48. The third kappa shape index (κ3) is 2.36. The molecule has 0 saturated heterocycles. The van der Waals surface area contributed by atoms with Gasteiger partial charge in [0.15, 0.2) is 0 Å². The number of hydrogen-bond acceptors (Lipinski definition) is 2. The second kappa shape index (κ2) is 2.33. The topological polar surface area (TPSA) is 57.9 Å². The van der Waals surface area contributed by atoms with Crippen LogP contribution in [0.25, 0.3) is 0 Å². The van der Waals surface area contributed by atoms with Crippen LogP contribution in [0, 0.1) is 6.20 Å². The van der Waals surface area contributed by atoms with Crippen LogP contribution in [0.3, 0.4) is 0 Å². The van der Waals surface area contributed by atoms with E-state index in [9.17, 15) is 18.0 Å². The summed E-state index contributed by atoms with van der Waals surface area (Å²) in [6, 6.07) is 0. The van der Waals surface area contributed by atoms with E-state index in [0.29, 0.717) is 0 Å². The van der Waals surface area contributed by atoms with Crippen molar-refractivity contribution in [1.82, 2.24) is 9.97 Å². The third-order valence-electron chi connectivity index (χ3n) is 0.734. The number of ether oxygens (including phenoxy) is 1. The summed E-state index contributed by atoms with van der Waals surface area (Å²) in [5.74, 6) is -0.775. The highest BCUT2D eigenvalue weighted by atomic mass is 19.4. The number of aromatic nitrogens is 2. The number of aromatic amines is 2. The van der Waals surface area contributed by atoms with E-state index in [4.69, 9.17) is 0 Å². The highest BCUT2D eigenvalue weighted by Gasteiger charge is 2.31. The summed E-state index contributed by atoms with van der Waals surface area (Å²) in [6.45, 7) is 0. The maximum atomic E-state index is 11.4. The Morgan fingerprint density at radius 1 is 1.45 bits per heavy atom. The van der Waals surface area contributed by atoms with Gasteiger partial charge in [-0.3, -0.25) is 4.98 Å². The van der Waals surface area contributed by atoms with E-state index in [1.165, 1.54) is 0 Å². The first-order valence-electron chi connectivity index (χ1n) is 2.43. The van der Waals surface area contributed by atoms with Crippen LogP contribution >= 0.6 is 0 Å². The zero-order valence-corrected chi connectivity index (χ0v) is 4.95. The Balaban J connectivity index is 2.73. The number of imidazole rings is 1. The molecule has 0 atom stereocenters. The first-order valence-corrected chi connectivity index (χ1v) is 2.43. The fourth-order valence-electron chi connectivity index (χ4n) is 0.446. The summed E-state index contributed by atoms with van der Waals surface area (Å²) in [5.41, 5.74) is -0.802. The molecule has 1 rings (SSSR count). The predicted octanol–water partition coefficient (Wildman–Crippen LogP) is 0.402. The van der Waals surface area contributed by atoms with E-state index in [2.05, 4.69) is 4.74 Å². The van der Waals surface area contributed by atoms with Gasteiger partial charge < -0.3 is 9.72 Å². The van der Waals surface area contributed by atoms with Gasteiger partial charge >= 0.3 is 12.1 Å². The Hall–Kier alpha value is -1.40. The van der Waals surface area contributed by atoms with Crippen LogP contribution in [0.4, 0.5) is 13.2 Å². The Bertz CT molecular complexity index is 286. The highest BCUT2D eigenvalue weighted by Crippen LogP contribution is 2.18. The summed E-state index contributed by atoms with van der Waals surface area (Å²) in [4.78, 5) is 13.7. The van der Waals surface area contributed by atoms with Crippen molar-refractivity contribution in [3.8, 4) is 5.88 Å². The van der Waals surface area contributed by atoms with E-state index in [-0.39, 0.29) is 0 Å². The number of rotatable bonds is 1. The van der Waals surface area contributed by atoms with Gasteiger partial charge in [0.2, 0.25) is 5.88 Å². The second-order valence-corrected chi connectivity index (χ2v) is 1.58. The van der Waals surface area contributed by atoms with E-state index in [1.54, 1.807) is 4.98 Å². The molecule has 0 fully saturated rings. The van der Waals surface area contributed by atoms with E-state index >= 15 is 0 Å². The van der Waals surface area contributed by atoms with Gasteiger partial charge in [-0.2, -0.15) is 0 Å².